The van der Waals surface area contributed by atoms with Gasteiger partial charge in [-0.25, -0.2) is 4.79 Å². The fraction of sp³-hybridized carbons (Fsp3) is 0.769. The highest BCUT2D eigenvalue weighted by Crippen LogP contribution is 2.05. The predicted octanol–water partition coefficient (Wildman–Crippen LogP) is 1.68. The summed E-state index contributed by atoms with van der Waals surface area (Å²) in [5.41, 5.74) is 0. The largest absolute Gasteiger partial charge is 0.481 e. The number of carbonyl (C=O) groups is 2. The molecule has 108 valence electrons. The van der Waals surface area contributed by atoms with Crippen LogP contribution < -0.4 is 5.32 Å². The van der Waals surface area contributed by atoms with Crippen LogP contribution in [0.3, 0.4) is 0 Å². The van der Waals surface area contributed by atoms with Gasteiger partial charge in [0.05, 0.1) is 12.0 Å². The number of nitrogens with zero attached hydrogens (tertiary/aromatic N) is 2. The Morgan fingerprint density at radius 2 is 2.05 bits per heavy atom. The Bertz CT molecular complexity index is 339. The minimum atomic E-state index is -0.823. The molecule has 2 unspecified atom stereocenters. The second-order valence-corrected chi connectivity index (χ2v) is 4.79. The van der Waals surface area contributed by atoms with Gasteiger partial charge in [-0.1, -0.05) is 6.92 Å². The first-order chi connectivity index (χ1) is 8.90. The van der Waals surface area contributed by atoms with Crippen LogP contribution in [0.2, 0.25) is 0 Å². The number of hydrogen-bond acceptors (Lipinski definition) is 3. The van der Waals surface area contributed by atoms with Crippen LogP contribution in [0.25, 0.3) is 0 Å². The maximum Gasteiger partial charge on any atom is 0.317 e. The Balaban J connectivity index is 4.06. The number of carbonyl (C=O) groups excluding carboxylic acids is 1. The molecule has 6 heteroatoms. The molecule has 2 amide bonds. The van der Waals surface area contributed by atoms with Crippen molar-refractivity contribution >= 4 is 12.0 Å². The van der Waals surface area contributed by atoms with Crippen molar-refractivity contribution in [2.24, 2.45) is 11.8 Å². The van der Waals surface area contributed by atoms with Gasteiger partial charge in [0.15, 0.2) is 0 Å². The van der Waals surface area contributed by atoms with E-state index in [1.807, 2.05) is 13.8 Å². The smallest absolute Gasteiger partial charge is 0.317 e. The molecule has 0 radical (unpaired) electrons. The summed E-state index contributed by atoms with van der Waals surface area (Å²) in [5, 5.41) is 20.1. The second-order valence-electron chi connectivity index (χ2n) is 4.79. The average molecular weight is 269 g/mol. The van der Waals surface area contributed by atoms with Crippen LogP contribution in [0.15, 0.2) is 0 Å². The maximum atomic E-state index is 11.9. The van der Waals surface area contributed by atoms with E-state index in [1.165, 1.54) is 0 Å². The maximum absolute atomic E-state index is 11.9. The zero-order valence-corrected chi connectivity index (χ0v) is 11.8. The van der Waals surface area contributed by atoms with Gasteiger partial charge in [-0.15, -0.1) is 0 Å². The van der Waals surface area contributed by atoms with Crippen molar-refractivity contribution in [1.82, 2.24) is 10.2 Å². The third-order valence-electron chi connectivity index (χ3n) is 2.84. The van der Waals surface area contributed by atoms with Gasteiger partial charge in [0.1, 0.15) is 0 Å². The number of nitrogens with one attached hydrogen (secondary N) is 1. The zero-order valence-electron chi connectivity index (χ0n) is 11.8. The van der Waals surface area contributed by atoms with Gasteiger partial charge in [-0.2, -0.15) is 5.26 Å². The van der Waals surface area contributed by atoms with Crippen LogP contribution in [0.5, 0.6) is 0 Å². The normalized spacial score (nSPS) is 13.2. The number of carboxylic acids is 1. The highest BCUT2D eigenvalue weighted by molar-refractivity contribution is 5.74. The summed E-state index contributed by atoms with van der Waals surface area (Å²) in [6.07, 6.45) is 0.649. The first-order valence-electron chi connectivity index (χ1n) is 6.54. The van der Waals surface area contributed by atoms with Crippen LogP contribution in [0.4, 0.5) is 4.79 Å². The molecular weight excluding hydrogens is 246 g/mol. The Morgan fingerprint density at radius 1 is 1.42 bits per heavy atom. The van der Waals surface area contributed by atoms with E-state index in [9.17, 15) is 9.59 Å². The van der Waals surface area contributed by atoms with E-state index in [0.29, 0.717) is 26.1 Å². The molecular formula is C13H23N3O3. The molecule has 0 saturated heterocycles. The summed E-state index contributed by atoms with van der Waals surface area (Å²) < 4.78 is 0. The SMILES string of the molecule is CCN(CC(C)C#N)C(=O)NCC(C)CCC(=O)O. The van der Waals surface area contributed by atoms with E-state index >= 15 is 0 Å². The van der Waals surface area contributed by atoms with Crippen molar-refractivity contribution in [3.8, 4) is 6.07 Å². The highest BCUT2D eigenvalue weighted by atomic mass is 16.4. The Kier molecular flexibility index (Phi) is 8.34. The lowest BCUT2D eigenvalue weighted by molar-refractivity contribution is -0.137. The molecule has 0 aromatic heterocycles. The summed E-state index contributed by atoms with van der Waals surface area (Å²) in [4.78, 5) is 23.9. The first kappa shape index (κ1) is 17.2. The van der Waals surface area contributed by atoms with Crippen molar-refractivity contribution in [2.75, 3.05) is 19.6 Å². The minimum absolute atomic E-state index is 0.111. The highest BCUT2D eigenvalue weighted by Gasteiger charge is 2.15. The molecule has 0 aliphatic heterocycles. The molecule has 0 aliphatic rings. The molecule has 0 heterocycles. The topological polar surface area (TPSA) is 93.4 Å². The van der Waals surface area contributed by atoms with Crippen LogP contribution >= 0.6 is 0 Å². The monoisotopic (exact) mass is 269 g/mol. The lowest BCUT2D eigenvalue weighted by Gasteiger charge is -2.23. The molecule has 0 fully saturated rings. The van der Waals surface area contributed by atoms with Gasteiger partial charge in [0, 0.05) is 26.1 Å². The lowest BCUT2D eigenvalue weighted by atomic mass is 10.1. The standard InChI is InChI=1S/C13H23N3O3/c1-4-16(9-11(3)7-14)13(19)15-8-10(2)5-6-12(17)18/h10-11H,4-6,8-9H2,1-3H3,(H,15,19)(H,17,18). The van der Waals surface area contributed by atoms with Gasteiger partial charge >= 0.3 is 12.0 Å². The molecule has 19 heavy (non-hydrogen) atoms. The van der Waals surface area contributed by atoms with Gasteiger partial charge in [0.2, 0.25) is 0 Å². The number of hydrogen-bond donors (Lipinski definition) is 2. The fourth-order valence-electron chi connectivity index (χ4n) is 1.57. The van der Waals surface area contributed by atoms with E-state index in [-0.39, 0.29) is 24.3 Å². The molecule has 0 bridgehead atoms. The molecule has 6 nitrogen and oxygen atoms in total. The molecule has 0 saturated carbocycles. The summed E-state index contributed by atoms with van der Waals surface area (Å²) >= 11 is 0. The molecule has 0 aromatic rings. The van der Waals surface area contributed by atoms with Crippen LogP contribution in [0, 0.1) is 23.2 Å². The number of aliphatic carboxylic acids is 1. The van der Waals surface area contributed by atoms with Gasteiger partial charge in [-0.3, -0.25) is 4.79 Å². The van der Waals surface area contributed by atoms with Crippen LogP contribution in [0.1, 0.15) is 33.6 Å². The summed E-state index contributed by atoms with van der Waals surface area (Å²) in [6, 6.07) is 1.89. The van der Waals surface area contributed by atoms with Crippen molar-refractivity contribution in [2.45, 2.75) is 33.6 Å². The van der Waals surface area contributed by atoms with Crippen LogP contribution in [-0.4, -0.2) is 41.6 Å². The van der Waals surface area contributed by atoms with Crippen molar-refractivity contribution in [1.29, 1.82) is 5.26 Å². The average Bonchev–Trinajstić information content (AvgIpc) is 2.39. The lowest BCUT2D eigenvalue weighted by Crippen LogP contribution is -2.43. The number of rotatable bonds is 8. The Hall–Kier alpha value is -1.77. The number of carboxylic acid groups (broad SMARTS) is 1. The molecule has 2 atom stereocenters. The molecule has 2 N–H and O–H groups in total. The summed E-state index contributed by atoms with van der Waals surface area (Å²) in [6.45, 7) is 6.92. The zero-order chi connectivity index (χ0) is 14.8. The third-order valence-corrected chi connectivity index (χ3v) is 2.84. The number of amides is 2. The number of nitriles is 1. The van der Waals surface area contributed by atoms with E-state index in [0.717, 1.165) is 0 Å². The molecule has 0 spiro atoms. The predicted molar refractivity (Wildman–Crippen MR) is 71.5 cm³/mol. The summed E-state index contributed by atoms with van der Waals surface area (Å²) in [7, 11) is 0. The fourth-order valence-corrected chi connectivity index (χ4v) is 1.57. The van der Waals surface area contributed by atoms with Gasteiger partial charge in [0.25, 0.3) is 0 Å². The van der Waals surface area contributed by atoms with Crippen molar-refractivity contribution in [3.05, 3.63) is 0 Å². The quantitative estimate of drug-likeness (QED) is 0.701. The van der Waals surface area contributed by atoms with Gasteiger partial charge in [-0.05, 0) is 26.2 Å². The minimum Gasteiger partial charge on any atom is -0.481 e. The van der Waals surface area contributed by atoms with E-state index in [2.05, 4.69) is 11.4 Å². The van der Waals surface area contributed by atoms with Crippen LogP contribution in [-0.2, 0) is 4.79 Å². The van der Waals surface area contributed by atoms with E-state index in [4.69, 9.17) is 10.4 Å². The summed E-state index contributed by atoms with van der Waals surface area (Å²) in [5.74, 6) is -0.904. The molecule has 0 rings (SSSR count). The Labute approximate surface area is 114 Å². The molecule has 0 aromatic carbocycles. The second kappa shape index (κ2) is 9.20. The van der Waals surface area contributed by atoms with Crippen molar-refractivity contribution in [3.63, 3.8) is 0 Å². The Morgan fingerprint density at radius 3 is 2.53 bits per heavy atom. The van der Waals surface area contributed by atoms with E-state index < -0.39 is 5.97 Å². The molecule has 0 aliphatic carbocycles. The third kappa shape index (κ3) is 8.03. The number of urea groups is 1. The first-order valence-corrected chi connectivity index (χ1v) is 6.54. The van der Waals surface area contributed by atoms with Gasteiger partial charge < -0.3 is 15.3 Å². The van der Waals surface area contributed by atoms with Crippen molar-refractivity contribution < 1.29 is 14.7 Å². The van der Waals surface area contributed by atoms with E-state index in [1.54, 1.807) is 11.8 Å².